The highest BCUT2D eigenvalue weighted by Gasteiger charge is 2.25. The molecule has 124 valence electrons. The van der Waals surface area contributed by atoms with Gasteiger partial charge in [0.25, 0.3) is 0 Å². The molecule has 23 heavy (non-hydrogen) atoms. The van der Waals surface area contributed by atoms with Crippen LogP contribution in [0, 0.1) is 0 Å². The molecule has 1 aliphatic rings. The number of unbranched alkanes of at least 4 members (excludes halogenated alkanes) is 1. The summed E-state index contributed by atoms with van der Waals surface area (Å²) in [6, 6.07) is 7.93. The number of benzene rings is 1. The van der Waals surface area contributed by atoms with Gasteiger partial charge >= 0.3 is 11.7 Å². The molecule has 6 heteroatoms. The predicted octanol–water partition coefficient (Wildman–Crippen LogP) is 2.48. The highest BCUT2D eigenvalue weighted by Crippen LogP contribution is 2.24. The number of nitrogens with one attached hydrogen (secondary N) is 2. The molecule has 6 nitrogen and oxygen atoms in total. The molecular weight excluding hydrogens is 292 g/mol. The fourth-order valence-electron chi connectivity index (χ4n) is 3.25. The third-order valence-electron chi connectivity index (χ3n) is 4.55. The number of hydrogen-bond acceptors (Lipinski definition) is 2. The number of hydrogen-bond donors (Lipinski definition) is 2. The molecule has 2 amide bonds. The molecule has 1 aliphatic heterocycles. The van der Waals surface area contributed by atoms with Crippen LogP contribution in [0.4, 0.5) is 4.79 Å². The van der Waals surface area contributed by atoms with Crippen LogP contribution < -0.4 is 11.0 Å². The lowest BCUT2D eigenvalue weighted by Gasteiger charge is -2.32. The number of carbonyl (C=O) groups is 1. The monoisotopic (exact) mass is 316 g/mol. The molecule has 2 heterocycles. The second kappa shape index (κ2) is 6.89. The smallest absolute Gasteiger partial charge is 0.326 e. The maximum atomic E-state index is 12.2. The van der Waals surface area contributed by atoms with Crippen molar-refractivity contribution in [3.05, 3.63) is 34.7 Å². The summed E-state index contributed by atoms with van der Waals surface area (Å²) >= 11 is 0. The number of likely N-dealkylation sites (tertiary alicyclic amines) is 1. The topological polar surface area (TPSA) is 70.1 Å². The van der Waals surface area contributed by atoms with Gasteiger partial charge in [0, 0.05) is 25.7 Å². The standard InChI is InChI=1S/C17H24N4O2/c1-2-3-10-18-16(22)20-11-8-13(9-12-20)21-15-7-5-4-6-14(15)19-17(21)23/h4-7,13H,2-3,8-12H2,1H3,(H,18,22)(H,19,23). The molecule has 0 atom stereocenters. The maximum Gasteiger partial charge on any atom is 0.326 e. The number of piperidine rings is 1. The lowest BCUT2D eigenvalue weighted by atomic mass is 10.0. The minimum atomic E-state index is -0.0583. The van der Waals surface area contributed by atoms with Crippen molar-refractivity contribution < 1.29 is 4.79 Å². The van der Waals surface area contributed by atoms with E-state index in [-0.39, 0.29) is 17.8 Å². The molecule has 2 N–H and O–H groups in total. The second-order valence-electron chi connectivity index (χ2n) is 6.12. The van der Waals surface area contributed by atoms with E-state index in [9.17, 15) is 9.59 Å². The van der Waals surface area contributed by atoms with Crippen molar-refractivity contribution in [3.8, 4) is 0 Å². The van der Waals surface area contributed by atoms with Crippen LogP contribution in [0.25, 0.3) is 11.0 Å². The lowest BCUT2D eigenvalue weighted by Crippen LogP contribution is -2.45. The number of urea groups is 1. The average Bonchev–Trinajstić information content (AvgIpc) is 2.91. The van der Waals surface area contributed by atoms with Crippen molar-refractivity contribution in [1.82, 2.24) is 19.8 Å². The summed E-state index contributed by atoms with van der Waals surface area (Å²) in [5, 5.41) is 2.96. The molecule has 0 aliphatic carbocycles. The summed E-state index contributed by atoms with van der Waals surface area (Å²) in [7, 11) is 0. The molecule has 1 fully saturated rings. The van der Waals surface area contributed by atoms with Crippen LogP contribution in [-0.4, -0.2) is 40.1 Å². The molecule has 3 rings (SSSR count). The van der Waals surface area contributed by atoms with Crippen molar-refractivity contribution in [2.75, 3.05) is 19.6 Å². The largest absolute Gasteiger partial charge is 0.338 e. The van der Waals surface area contributed by atoms with E-state index < -0.39 is 0 Å². The Morgan fingerprint density at radius 3 is 2.78 bits per heavy atom. The van der Waals surface area contributed by atoms with Crippen molar-refractivity contribution in [1.29, 1.82) is 0 Å². The first-order valence-corrected chi connectivity index (χ1v) is 8.42. The summed E-state index contributed by atoms with van der Waals surface area (Å²) in [6.45, 7) is 4.22. The van der Waals surface area contributed by atoms with E-state index in [2.05, 4.69) is 17.2 Å². The minimum Gasteiger partial charge on any atom is -0.338 e. The number of fused-ring (bicyclic) bond motifs is 1. The molecule has 0 radical (unpaired) electrons. The zero-order valence-corrected chi connectivity index (χ0v) is 13.5. The van der Waals surface area contributed by atoms with Crippen LogP contribution in [0.1, 0.15) is 38.6 Å². The zero-order valence-electron chi connectivity index (χ0n) is 13.5. The van der Waals surface area contributed by atoms with E-state index >= 15 is 0 Å². The molecule has 2 aromatic rings. The molecule has 0 unspecified atom stereocenters. The summed E-state index contributed by atoms with van der Waals surface area (Å²) in [6.07, 6.45) is 3.70. The van der Waals surface area contributed by atoms with Gasteiger partial charge in [-0.3, -0.25) is 4.57 Å². The molecule has 0 spiro atoms. The highest BCUT2D eigenvalue weighted by atomic mass is 16.2. The maximum absolute atomic E-state index is 12.2. The number of H-pyrrole nitrogens is 1. The van der Waals surface area contributed by atoms with E-state index in [0.29, 0.717) is 13.1 Å². The lowest BCUT2D eigenvalue weighted by molar-refractivity contribution is 0.171. The van der Waals surface area contributed by atoms with Crippen molar-refractivity contribution in [3.63, 3.8) is 0 Å². The highest BCUT2D eigenvalue weighted by molar-refractivity contribution is 5.75. The van der Waals surface area contributed by atoms with Crippen molar-refractivity contribution in [2.45, 2.75) is 38.6 Å². The number of nitrogens with zero attached hydrogens (tertiary/aromatic N) is 2. The van der Waals surface area contributed by atoms with Crippen molar-refractivity contribution >= 4 is 17.1 Å². The Morgan fingerprint density at radius 1 is 1.30 bits per heavy atom. The van der Waals surface area contributed by atoms with Gasteiger partial charge in [0.2, 0.25) is 0 Å². The van der Waals surface area contributed by atoms with Gasteiger partial charge in [-0.25, -0.2) is 9.59 Å². The summed E-state index contributed by atoms with van der Waals surface area (Å²) < 4.78 is 1.85. The third kappa shape index (κ3) is 3.25. The molecular formula is C17H24N4O2. The van der Waals surface area contributed by atoms with Crippen LogP contribution in [0.3, 0.4) is 0 Å². The van der Waals surface area contributed by atoms with Gasteiger partial charge in [-0.2, -0.15) is 0 Å². The van der Waals surface area contributed by atoms with Gasteiger partial charge in [0.05, 0.1) is 11.0 Å². The third-order valence-corrected chi connectivity index (χ3v) is 4.55. The Balaban J connectivity index is 1.65. The molecule has 0 saturated carbocycles. The van der Waals surface area contributed by atoms with Gasteiger partial charge in [-0.05, 0) is 31.4 Å². The normalized spacial score (nSPS) is 16.0. The van der Waals surface area contributed by atoms with Gasteiger partial charge < -0.3 is 15.2 Å². The second-order valence-corrected chi connectivity index (χ2v) is 6.12. The Bertz CT molecular complexity index is 726. The van der Waals surface area contributed by atoms with E-state index in [0.717, 1.165) is 43.3 Å². The summed E-state index contributed by atoms with van der Waals surface area (Å²) in [5.74, 6) is 0. The number of imidazole rings is 1. The predicted molar refractivity (Wildman–Crippen MR) is 90.7 cm³/mol. The first-order valence-electron chi connectivity index (χ1n) is 8.42. The zero-order chi connectivity index (χ0) is 16.2. The first-order chi connectivity index (χ1) is 11.2. The molecule has 1 aromatic heterocycles. The Kier molecular flexibility index (Phi) is 4.69. The van der Waals surface area contributed by atoms with Gasteiger partial charge in [0.15, 0.2) is 0 Å². The number of amides is 2. The van der Waals surface area contributed by atoms with Gasteiger partial charge in [0.1, 0.15) is 0 Å². The van der Waals surface area contributed by atoms with Crippen LogP contribution in [0.5, 0.6) is 0 Å². The van der Waals surface area contributed by atoms with Crippen LogP contribution in [-0.2, 0) is 0 Å². The summed E-state index contributed by atoms with van der Waals surface area (Å²) in [4.78, 5) is 29.1. The van der Waals surface area contributed by atoms with Crippen LogP contribution in [0.15, 0.2) is 29.1 Å². The fraction of sp³-hybridized carbons (Fsp3) is 0.529. The summed E-state index contributed by atoms with van der Waals surface area (Å²) in [5.41, 5.74) is 1.76. The SMILES string of the molecule is CCCCNC(=O)N1CCC(n2c(=O)[nH]c3ccccc32)CC1. The van der Waals surface area contributed by atoms with Crippen molar-refractivity contribution in [2.24, 2.45) is 0 Å². The Hall–Kier alpha value is -2.24. The van der Waals surface area contributed by atoms with E-state index in [1.165, 1.54) is 0 Å². The van der Waals surface area contributed by atoms with E-state index in [1.54, 1.807) is 0 Å². The van der Waals surface area contributed by atoms with Crippen LogP contribution in [0.2, 0.25) is 0 Å². The number of aromatic amines is 1. The molecule has 0 bridgehead atoms. The fourth-order valence-corrected chi connectivity index (χ4v) is 3.25. The van der Waals surface area contributed by atoms with Gasteiger partial charge in [-0.15, -0.1) is 0 Å². The molecule has 1 aromatic carbocycles. The average molecular weight is 316 g/mol. The van der Waals surface area contributed by atoms with Crippen LogP contribution >= 0.6 is 0 Å². The number of para-hydroxylation sites is 2. The van der Waals surface area contributed by atoms with E-state index in [1.807, 2.05) is 33.7 Å². The Labute approximate surface area is 135 Å². The number of carbonyl (C=O) groups excluding carboxylic acids is 1. The quantitative estimate of drug-likeness (QED) is 0.851. The minimum absolute atomic E-state index is 0.0168. The number of aromatic nitrogens is 2. The number of rotatable bonds is 4. The van der Waals surface area contributed by atoms with E-state index in [4.69, 9.17) is 0 Å². The molecule has 1 saturated heterocycles. The first kappa shape index (κ1) is 15.6. The van der Waals surface area contributed by atoms with Gasteiger partial charge in [-0.1, -0.05) is 25.5 Å². The Morgan fingerprint density at radius 2 is 2.04 bits per heavy atom.